The minimum absolute atomic E-state index is 0.167. The molecule has 1 atom stereocenters. The number of nitrogens with one attached hydrogen (secondary N) is 1. The van der Waals surface area contributed by atoms with Gasteiger partial charge in [0, 0.05) is 5.69 Å². The standard InChI is InChI=1S/C9H10ClNO.C3H6O/c1-7(9(10)12)11-8-5-3-2-4-6-8;1-3(2)4/h2-7,11H,1H3;1-2H3. The lowest BCUT2D eigenvalue weighted by Gasteiger charge is -2.09. The SMILES string of the molecule is CC(C)=O.CC(Nc1ccccc1)C(=O)Cl. The van der Waals surface area contributed by atoms with Crippen LogP contribution in [0.4, 0.5) is 5.69 Å². The lowest BCUT2D eigenvalue weighted by molar-refractivity contribution is -0.115. The van der Waals surface area contributed by atoms with E-state index in [0.717, 1.165) is 5.69 Å². The quantitative estimate of drug-likeness (QED) is 0.828. The first-order valence-electron chi connectivity index (χ1n) is 4.91. The van der Waals surface area contributed by atoms with E-state index >= 15 is 0 Å². The predicted octanol–water partition coefficient (Wildman–Crippen LogP) is 2.85. The van der Waals surface area contributed by atoms with Crippen molar-refractivity contribution in [1.82, 2.24) is 0 Å². The van der Waals surface area contributed by atoms with E-state index < -0.39 is 0 Å². The van der Waals surface area contributed by atoms with Crippen molar-refractivity contribution < 1.29 is 9.59 Å². The molecule has 1 rings (SSSR count). The van der Waals surface area contributed by atoms with Crippen LogP contribution in [0.2, 0.25) is 0 Å². The summed E-state index contributed by atoms with van der Waals surface area (Å²) in [5, 5.41) is 2.58. The van der Waals surface area contributed by atoms with Crippen molar-refractivity contribution in [3.05, 3.63) is 30.3 Å². The molecular weight excluding hydrogens is 226 g/mol. The molecule has 3 nitrogen and oxygen atoms in total. The van der Waals surface area contributed by atoms with E-state index in [-0.39, 0.29) is 17.1 Å². The van der Waals surface area contributed by atoms with Crippen molar-refractivity contribution >= 4 is 28.3 Å². The Morgan fingerprint density at radius 2 is 1.62 bits per heavy atom. The molecule has 0 aliphatic rings. The van der Waals surface area contributed by atoms with E-state index in [1.165, 1.54) is 13.8 Å². The number of ketones is 1. The van der Waals surface area contributed by atoms with E-state index in [9.17, 15) is 9.59 Å². The Hall–Kier alpha value is -1.35. The summed E-state index contributed by atoms with van der Waals surface area (Å²) < 4.78 is 0. The van der Waals surface area contributed by atoms with Gasteiger partial charge in [0.2, 0.25) is 5.24 Å². The first kappa shape index (κ1) is 14.6. The predicted molar refractivity (Wildman–Crippen MR) is 66.7 cm³/mol. The van der Waals surface area contributed by atoms with Crippen LogP contribution in [0.25, 0.3) is 0 Å². The molecular formula is C12H16ClNO2. The third-order valence-electron chi connectivity index (χ3n) is 1.50. The largest absolute Gasteiger partial charge is 0.374 e. The van der Waals surface area contributed by atoms with Crippen LogP contribution in [-0.2, 0) is 9.59 Å². The van der Waals surface area contributed by atoms with Crippen molar-refractivity contribution in [2.75, 3.05) is 5.32 Å². The van der Waals surface area contributed by atoms with Gasteiger partial charge < -0.3 is 10.1 Å². The molecule has 0 spiro atoms. The molecule has 0 bridgehead atoms. The summed E-state index contributed by atoms with van der Waals surface area (Å²) in [6.45, 7) is 4.78. The molecule has 0 saturated carbocycles. The van der Waals surface area contributed by atoms with Crippen LogP contribution >= 0.6 is 11.6 Å². The highest BCUT2D eigenvalue weighted by atomic mass is 35.5. The molecule has 0 fully saturated rings. The molecule has 0 aliphatic carbocycles. The third-order valence-corrected chi connectivity index (χ3v) is 1.82. The van der Waals surface area contributed by atoms with Gasteiger partial charge in [-0.25, -0.2) is 0 Å². The van der Waals surface area contributed by atoms with Crippen molar-refractivity contribution in [2.45, 2.75) is 26.8 Å². The fourth-order valence-corrected chi connectivity index (χ4v) is 0.896. The molecule has 0 aromatic heterocycles. The maximum Gasteiger partial charge on any atom is 0.243 e. The van der Waals surface area contributed by atoms with Crippen LogP contribution in [0.1, 0.15) is 20.8 Å². The second-order valence-corrected chi connectivity index (χ2v) is 3.82. The highest BCUT2D eigenvalue weighted by molar-refractivity contribution is 6.65. The maximum atomic E-state index is 10.7. The zero-order valence-corrected chi connectivity index (χ0v) is 10.4. The lowest BCUT2D eigenvalue weighted by Crippen LogP contribution is -2.21. The third kappa shape index (κ3) is 8.00. The summed E-state index contributed by atoms with van der Waals surface area (Å²) in [5.74, 6) is 0.167. The first-order valence-corrected chi connectivity index (χ1v) is 5.29. The molecule has 0 saturated heterocycles. The van der Waals surface area contributed by atoms with Gasteiger partial charge in [-0.05, 0) is 44.5 Å². The number of carbonyl (C=O) groups excluding carboxylic acids is 2. The van der Waals surface area contributed by atoms with Gasteiger partial charge in [0.05, 0.1) is 6.04 Å². The molecule has 0 heterocycles. The number of carbonyl (C=O) groups is 2. The van der Waals surface area contributed by atoms with Crippen molar-refractivity contribution in [1.29, 1.82) is 0 Å². The Morgan fingerprint density at radius 3 is 2.00 bits per heavy atom. The summed E-state index contributed by atoms with van der Waals surface area (Å²) in [6, 6.07) is 9.14. The van der Waals surface area contributed by atoms with Gasteiger partial charge in [-0.2, -0.15) is 0 Å². The fraction of sp³-hybridized carbons (Fsp3) is 0.333. The molecule has 16 heavy (non-hydrogen) atoms. The van der Waals surface area contributed by atoms with Crippen molar-refractivity contribution in [3.8, 4) is 0 Å². The molecule has 1 aromatic carbocycles. The minimum atomic E-state index is -0.376. The first-order chi connectivity index (χ1) is 7.43. The fourth-order valence-electron chi connectivity index (χ4n) is 0.841. The van der Waals surface area contributed by atoms with Crippen LogP contribution < -0.4 is 5.32 Å². The molecule has 4 heteroatoms. The Kier molecular flexibility index (Phi) is 7.21. The van der Waals surface area contributed by atoms with E-state index in [2.05, 4.69) is 5.32 Å². The molecule has 88 valence electrons. The normalized spacial score (nSPS) is 10.8. The summed E-state index contributed by atoms with van der Waals surface area (Å²) in [6.07, 6.45) is 0. The molecule has 1 aromatic rings. The molecule has 0 radical (unpaired) electrons. The Bertz CT molecular complexity index is 334. The number of hydrogen-bond donors (Lipinski definition) is 1. The molecule has 1 N–H and O–H groups in total. The maximum absolute atomic E-state index is 10.7. The van der Waals surface area contributed by atoms with Gasteiger partial charge >= 0.3 is 0 Å². The van der Waals surface area contributed by atoms with E-state index in [0.29, 0.717) is 0 Å². The van der Waals surface area contributed by atoms with Crippen molar-refractivity contribution in [3.63, 3.8) is 0 Å². The van der Waals surface area contributed by atoms with Gasteiger partial charge in [0.1, 0.15) is 5.78 Å². The summed E-state index contributed by atoms with van der Waals surface area (Å²) in [4.78, 5) is 20.1. The molecule has 0 amide bonds. The van der Waals surface area contributed by atoms with Crippen LogP contribution in [0, 0.1) is 0 Å². The topological polar surface area (TPSA) is 46.2 Å². The van der Waals surface area contributed by atoms with Crippen molar-refractivity contribution in [2.24, 2.45) is 0 Å². The molecule has 0 aliphatic heterocycles. The number of halogens is 1. The van der Waals surface area contributed by atoms with E-state index in [1.807, 2.05) is 30.3 Å². The van der Waals surface area contributed by atoms with Crippen LogP contribution in [0.15, 0.2) is 30.3 Å². The second kappa shape index (κ2) is 7.88. The average Bonchev–Trinajstić information content (AvgIpc) is 2.18. The number of benzene rings is 1. The molecule has 1 unspecified atom stereocenters. The van der Waals surface area contributed by atoms with Gasteiger partial charge in [-0.3, -0.25) is 4.79 Å². The Morgan fingerprint density at radius 1 is 1.19 bits per heavy atom. The van der Waals surface area contributed by atoms with Gasteiger partial charge in [-0.1, -0.05) is 18.2 Å². The van der Waals surface area contributed by atoms with E-state index in [1.54, 1.807) is 6.92 Å². The summed E-state index contributed by atoms with van der Waals surface area (Å²) >= 11 is 5.28. The van der Waals surface area contributed by atoms with Crippen LogP contribution in [0.5, 0.6) is 0 Å². The zero-order chi connectivity index (χ0) is 12.6. The van der Waals surface area contributed by atoms with Gasteiger partial charge in [0.25, 0.3) is 0 Å². The lowest BCUT2D eigenvalue weighted by atomic mass is 10.3. The van der Waals surface area contributed by atoms with Crippen LogP contribution in [-0.4, -0.2) is 17.1 Å². The number of para-hydroxylation sites is 1. The second-order valence-electron chi connectivity index (χ2n) is 3.44. The number of rotatable bonds is 3. The highest BCUT2D eigenvalue weighted by Crippen LogP contribution is 2.07. The monoisotopic (exact) mass is 241 g/mol. The summed E-state index contributed by atoms with van der Waals surface area (Å²) in [5.41, 5.74) is 0.902. The highest BCUT2D eigenvalue weighted by Gasteiger charge is 2.07. The van der Waals surface area contributed by atoms with Gasteiger partial charge in [0.15, 0.2) is 0 Å². The minimum Gasteiger partial charge on any atom is -0.374 e. The number of Topliss-reactive ketones (excluding diaryl/α,β-unsaturated/α-hetero) is 1. The Labute approximate surface area is 101 Å². The average molecular weight is 242 g/mol. The summed E-state index contributed by atoms with van der Waals surface area (Å²) in [7, 11) is 0. The zero-order valence-electron chi connectivity index (χ0n) is 9.66. The smallest absolute Gasteiger partial charge is 0.243 e. The number of anilines is 1. The van der Waals surface area contributed by atoms with E-state index in [4.69, 9.17) is 11.6 Å². The van der Waals surface area contributed by atoms with Gasteiger partial charge in [-0.15, -0.1) is 0 Å². The number of hydrogen-bond acceptors (Lipinski definition) is 3. The van der Waals surface area contributed by atoms with Crippen LogP contribution in [0.3, 0.4) is 0 Å². The Balaban J connectivity index is 0.000000487.